The van der Waals surface area contributed by atoms with Gasteiger partial charge in [0.2, 0.25) is 15.9 Å². The van der Waals surface area contributed by atoms with Gasteiger partial charge in [-0.05, 0) is 25.1 Å². The highest BCUT2D eigenvalue weighted by Crippen LogP contribution is 2.25. The second-order valence-corrected chi connectivity index (χ2v) is 8.13. The van der Waals surface area contributed by atoms with Gasteiger partial charge in [-0.1, -0.05) is 11.6 Å². The molecule has 1 fully saturated rings. The fourth-order valence-electron chi connectivity index (χ4n) is 2.74. The van der Waals surface area contributed by atoms with Crippen LogP contribution in [-0.2, 0) is 10.0 Å². The molecule has 26 heavy (non-hydrogen) atoms. The summed E-state index contributed by atoms with van der Waals surface area (Å²) >= 11 is 5.71. The lowest BCUT2D eigenvalue weighted by Gasteiger charge is -2.34. The molecule has 0 aliphatic carbocycles. The molecular formula is C16H18ClFN4O3S. The molecule has 0 spiro atoms. The lowest BCUT2D eigenvalue weighted by atomic mass is 10.3. The summed E-state index contributed by atoms with van der Waals surface area (Å²) in [5, 5.41) is -0.215. The normalized spacial score (nSPS) is 15.9. The fourth-order valence-corrected chi connectivity index (χ4v) is 4.43. The first-order valence-corrected chi connectivity index (χ1v) is 9.73. The highest BCUT2D eigenvalue weighted by molar-refractivity contribution is 7.89. The maximum atomic E-state index is 13.3. The average molecular weight is 401 g/mol. The van der Waals surface area contributed by atoms with E-state index in [1.807, 2.05) is 4.90 Å². The maximum Gasteiger partial charge on any atom is 0.243 e. The topological polar surface area (TPSA) is 75.6 Å². The lowest BCUT2D eigenvalue weighted by Crippen LogP contribution is -2.49. The van der Waals surface area contributed by atoms with Crippen LogP contribution in [0.5, 0.6) is 5.88 Å². The van der Waals surface area contributed by atoms with E-state index in [0.29, 0.717) is 30.6 Å². The van der Waals surface area contributed by atoms with E-state index < -0.39 is 15.8 Å². The van der Waals surface area contributed by atoms with Gasteiger partial charge in [0.25, 0.3) is 0 Å². The van der Waals surface area contributed by atoms with E-state index in [1.54, 1.807) is 13.0 Å². The zero-order valence-electron chi connectivity index (χ0n) is 14.3. The SMILES string of the molecule is COc1cc(N2CCN(S(=O)(=O)c3ccc(F)c(Cl)c3)CC2)nc(C)n1. The van der Waals surface area contributed by atoms with Crippen LogP contribution in [0.15, 0.2) is 29.2 Å². The number of benzene rings is 1. The number of piperazine rings is 1. The van der Waals surface area contributed by atoms with Crippen LogP contribution in [0.4, 0.5) is 10.2 Å². The second-order valence-electron chi connectivity index (χ2n) is 5.78. The molecule has 1 aromatic carbocycles. The van der Waals surface area contributed by atoms with E-state index in [0.717, 1.165) is 12.1 Å². The molecule has 7 nitrogen and oxygen atoms in total. The molecule has 140 valence electrons. The van der Waals surface area contributed by atoms with Gasteiger partial charge in [-0.3, -0.25) is 0 Å². The molecule has 1 aliphatic heterocycles. The standard InChI is InChI=1S/C16H18ClFN4O3S/c1-11-19-15(10-16(20-11)25-2)21-5-7-22(8-6-21)26(23,24)12-3-4-14(18)13(17)9-12/h3-4,9-10H,5-8H2,1-2H3. The summed E-state index contributed by atoms with van der Waals surface area (Å²) in [5.74, 6) is 1.08. The molecule has 2 heterocycles. The van der Waals surface area contributed by atoms with Crippen molar-refractivity contribution >= 4 is 27.4 Å². The van der Waals surface area contributed by atoms with Crippen molar-refractivity contribution in [1.29, 1.82) is 0 Å². The molecule has 1 aliphatic rings. The van der Waals surface area contributed by atoms with Crippen molar-refractivity contribution in [2.45, 2.75) is 11.8 Å². The molecule has 3 rings (SSSR count). The van der Waals surface area contributed by atoms with E-state index in [4.69, 9.17) is 16.3 Å². The number of hydrogen-bond acceptors (Lipinski definition) is 6. The van der Waals surface area contributed by atoms with Crippen molar-refractivity contribution in [3.8, 4) is 5.88 Å². The Balaban J connectivity index is 1.75. The third kappa shape index (κ3) is 3.74. The van der Waals surface area contributed by atoms with Crippen molar-refractivity contribution in [2.24, 2.45) is 0 Å². The fraction of sp³-hybridized carbons (Fsp3) is 0.375. The van der Waals surface area contributed by atoms with Gasteiger partial charge in [0.05, 0.1) is 17.0 Å². The molecular weight excluding hydrogens is 383 g/mol. The van der Waals surface area contributed by atoms with Crippen LogP contribution in [0.2, 0.25) is 5.02 Å². The summed E-state index contributed by atoms with van der Waals surface area (Å²) in [6.07, 6.45) is 0. The second kappa shape index (κ2) is 7.34. The highest BCUT2D eigenvalue weighted by atomic mass is 35.5. The summed E-state index contributed by atoms with van der Waals surface area (Å²) in [5.41, 5.74) is 0. The van der Waals surface area contributed by atoms with Gasteiger partial charge in [-0.25, -0.2) is 17.8 Å². The minimum absolute atomic E-state index is 0.0168. The van der Waals surface area contributed by atoms with Gasteiger partial charge < -0.3 is 9.64 Å². The first-order valence-electron chi connectivity index (χ1n) is 7.91. The molecule has 10 heteroatoms. The van der Waals surface area contributed by atoms with Gasteiger partial charge in [0, 0.05) is 32.2 Å². The molecule has 0 amide bonds. The molecule has 0 atom stereocenters. The van der Waals surface area contributed by atoms with E-state index in [1.165, 1.54) is 17.5 Å². The van der Waals surface area contributed by atoms with Crippen molar-refractivity contribution in [3.05, 3.63) is 40.9 Å². The number of hydrogen-bond donors (Lipinski definition) is 0. The van der Waals surface area contributed by atoms with Gasteiger partial charge in [-0.15, -0.1) is 0 Å². The first-order chi connectivity index (χ1) is 12.3. The van der Waals surface area contributed by atoms with Crippen LogP contribution in [-0.4, -0.2) is 56.0 Å². The van der Waals surface area contributed by atoms with Crippen molar-refractivity contribution in [3.63, 3.8) is 0 Å². The monoisotopic (exact) mass is 400 g/mol. The quantitative estimate of drug-likeness (QED) is 0.782. The smallest absolute Gasteiger partial charge is 0.243 e. The minimum atomic E-state index is -3.73. The Bertz CT molecular complexity index is 918. The third-order valence-corrected chi connectivity index (χ3v) is 6.29. The molecule has 0 N–H and O–H groups in total. The van der Waals surface area contributed by atoms with Crippen molar-refractivity contribution in [2.75, 3.05) is 38.2 Å². The predicted molar refractivity (Wildman–Crippen MR) is 95.7 cm³/mol. The average Bonchev–Trinajstić information content (AvgIpc) is 2.63. The maximum absolute atomic E-state index is 13.3. The van der Waals surface area contributed by atoms with Gasteiger partial charge >= 0.3 is 0 Å². The Hall–Kier alpha value is -1.97. The number of aromatic nitrogens is 2. The predicted octanol–water partition coefficient (Wildman–Crippen LogP) is 2.10. The minimum Gasteiger partial charge on any atom is -0.481 e. The number of aryl methyl sites for hydroxylation is 1. The van der Waals surface area contributed by atoms with E-state index in [-0.39, 0.29) is 23.0 Å². The van der Waals surface area contributed by atoms with Gasteiger partial charge in [0.1, 0.15) is 17.5 Å². The van der Waals surface area contributed by atoms with Crippen LogP contribution < -0.4 is 9.64 Å². The largest absolute Gasteiger partial charge is 0.481 e. The Kier molecular flexibility index (Phi) is 5.31. The zero-order valence-corrected chi connectivity index (χ0v) is 15.9. The van der Waals surface area contributed by atoms with E-state index in [2.05, 4.69) is 9.97 Å². The Morgan fingerprint density at radius 2 is 1.85 bits per heavy atom. The Labute approximate surface area is 156 Å². The van der Waals surface area contributed by atoms with Crippen LogP contribution in [0.1, 0.15) is 5.82 Å². The third-order valence-electron chi connectivity index (χ3n) is 4.10. The molecule has 0 saturated carbocycles. The Morgan fingerprint density at radius 1 is 1.15 bits per heavy atom. The molecule has 2 aromatic rings. The molecule has 1 saturated heterocycles. The van der Waals surface area contributed by atoms with Gasteiger partial charge in [0.15, 0.2) is 0 Å². The first kappa shape index (κ1) is 18.8. The van der Waals surface area contributed by atoms with Crippen LogP contribution >= 0.6 is 11.6 Å². The molecule has 0 radical (unpaired) electrons. The summed E-state index contributed by atoms with van der Waals surface area (Å²) in [4.78, 5) is 10.5. The summed E-state index contributed by atoms with van der Waals surface area (Å²) < 4.78 is 45.3. The summed E-state index contributed by atoms with van der Waals surface area (Å²) in [7, 11) is -2.20. The van der Waals surface area contributed by atoms with Crippen LogP contribution in [0.3, 0.4) is 0 Å². The van der Waals surface area contributed by atoms with E-state index in [9.17, 15) is 12.8 Å². The molecule has 0 bridgehead atoms. The Morgan fingerprint density at radius 3 is 2.46 bits per heavy atom. The van der Waals surface area contributed by atoms with Crippen molar-refractivity contribution in [1.82, 2.24) is 14.3 Å². The van der Waals surface area contributed by atoms with Gasteiger partial charge in [-0.2, -0.15) is 9.29 Å². The zero-order chi connectivity index (χ0) is 18.9. The molecule has 0 unspecified atom stereocenters. The number of rotatable bonds is 4. The number of halogens is 2. The number of anilines is 1. The number of methoxy groups -OCH3 is 1. The van der Waals surface area contributed by atoms with Crippen LogP contribution in [0.25, 0.3) is 0 Å². The summed E-state index contributed by atoms with van der Waals surface area (Å²) in [6, 6.07) is 5.14. The number of ether oxygens (including phenoxy) is 1. The van der Waals surface area contributed by atoms with Crippen molar-refractivity contribution < 1.29 is 17.5 Å². The van der Waals surface area contributed by atoms with Crippen LogP contribution in [0, 0.1) is 12.7 Å². The van der Waals surface area contributed by atoms with E-state index >= 15 is 0 Å². The summed E-state index contributed by atoms with van der Waals surface area (Å²) in [6.45, 7) is 3.26. The number of nitrogens with zero attached hydrogens (tertiary/aromatic N) is 4. The lowest BCUT2D eigenvalue weighted by molar-refractivity contribution is 0.380. The molecule has 1 aromatic heterocycles. The number of sulfonamides is 1. The highest BCUT2D eigenvalue weighted by Gasteiger charge is 2.29.